The van der Waals surface area contributed by atoms with E-state index in [1.54, 1.807) is 6.08 Å². The molecule has 1 aromatic rings. The third-order valence-corrected chi connectivity index (χ3v) is 5.06. The maximum Gasteiger partial charge on any atom is 0.188 e. The first-order chi connectivity index (χ1) is 9.87. The standard InChI is InChI=1S/C19H23NO/c1-5-6-12-19(16(21)15-10-8-7-9-11-15)18(4)13-17(2,3)14-20(18)19/h5-12H,1,13-14H2,2-4H3/b12-6+. The van der Waals surface area contributed by atoms with Gasteiger partial charge in [-0.05, 0) is 18.8 Å². The number of fused-ring (bicyclic) bond motifs is 1. The van der Waals surface area contributed by atoms with Crippen molar-refractivity contribution in [2.24, 2.45) is 5.41 Å². The molecule has 0 bridgehead atoms. The number of carbonyl (C=O) groups excluding carboxylic acids is 1. The van der Waals surface area contributed by atoms with Gasteiger partial charge in [-0.25, -0.2) is 0 Å². The Hall–Kier alpha value is -1.67. The van der Waals surface area contributed by atoms with Gasteiger partial charge in [-0.1, -0.05) is 69.0 Å². The first-order valence-corrected chi connectivity index (χ1v) is 7.55. The lowest BCUT2D eigenvalue weighted by molar-refractivity contribution is 0.0920. The molecule has 3 atom stereocenters. The summed E-state index contributed by atoms with van der Waals surface area (Å²) in [5.41, 5.74) is 0.512. The van der Waals surface area contributed by atoms with Gasteiger partial charge in [0, 0.05) is 17.6 Å². The van der Waals surface area contributed by atoms with Crippen molar-refractivity contribution in [1.82, 2.24) is 4.90 Å². The molecule has 2 nitrogen and oxygen atoms in total. The van der Waals surface area contributed by atoms with Gasteiger partial charge in [0.05, 0.1) is 0 Å². The van der Waals surface area contributed by atoms with Crippen molar-refractivity contribution in [2.75, 3.05) is 6.54 Å². The number of rotatable bonds is 4. The van der Waals surface area contributed by atoms with E-state index in [0.717, 1.165) is 18.5 Å². The van der Waals surface area contributed by atoms with Crippen LogP contribution in [-0.4, -0.2) is 28.3 Å². The Bertz CT molecular complexity index is 616. The minimum Gasteiger partial charge on any atom is -0.292 e. The van der Waals surface area contributed by atoms with Crippen LogP contribution in [0.5, 0.6) is 0 Å². The maximum atomic E-state index is 13.1. The van der Waals surface area contributed by atoms with Crippen molar-refractivity contribution in [3.63, 3.8) is 0 Å². The minimum atomic E-state index is -0.488. The fourth-order valence-corrected chi connectivity index (χ4v) is 4.29. The summed E-state index contributed by atoms with van der Waals surface area (Å²) in [7, 11) is 0. The molecule has 0 aliphatic carbocycles. The SMILES string of the molecule is C=C/C=C/C1(C(=O)c2ccccc2)N2CC(C)(C)CC21C. The summed E-state index contributed by atoms with van der Waals surface area (Å²) in [6.45, 7) is 11.5. The molecule has 2 fully saturated rings. The van der Waals surface area contributed by atoms with E-state index in [1.807, 2.05) is 42.5 Å². The number of benzene rings is 1. The monoisotopic (exact) mass is 281 g/mol. The van der Waals surface area contributed by atoms with E-state index >= 15 is 0 Å². The summed E-state index contributed by atoms with van der Waals surface area (Å²) < 4.78 is 0. The highest BCUT2D eigenvalue weighted by Crippen LogP contribution is 2.64. The van der Waals surface area contributed by atoms with Crippen molar-refractivity contribution in [2.45, 2.75) is 38.3 Å². The fourth-order valence-electron chi connectivity index (χ4n) is 4.29. The van der Waals surface area contributed by atoms with Crippen LogP contribution in [0.25, 0.3) is 0 Å². The van der Waals surface area contributed by atoms with Crippen LogP contribution < -0.4 is 0 Å². The number of piperidine rings is 1. The summed E-state index contributed by atoms with van der Waals surface area (Å²) in [4.78, 5) is 15.5. The average molecular weight is 281 g/mol. The number of ketones is 1. The van der Waals surface area contributed by atoms with Crippen LogP contribution >= 0.6 is 0 Å². The highest BCUT2D eigenvalue weighted by atomic mass is 16.1. The van der Waals surface area contributed by atoms with Gasteiger partial charge in [-0.3, -0.25) is 9.69 Å². The van der Waals surface area contributed by atoms with Crippen LogP contribution in [0.3, 0.4) is 0 Å². The Labute approximate surface area is 127 Å². The zero-order chi connectivity index (χ0) is 15.3. The van der Waals surface area contributed by atoms with E-state index < -0.39 is 5.54 Å². The first kappa shape index (κ1) is 14.3. The van der Waals surface area contributed by atoms with E-state index in [1.165, 1.54) is 0 Å². The number of allylic oxidation sites excluding steroid dienone is 2. The Morgan fingerprint density at radius 3 is 2.43 bits per heavy atom. The summed E-state index contributed by atoms with van der Waals surface area (Å²) in [6, 6.07) is 9.63. The summed E-state index contributed by atoms with van der Waals surface area (Å²) in [5.74, 6) is 0.208. The maximum absolute atomic E-state index is 13.1. The van der Waals surface area contributed by atoms with Gasteiger partial charge < -0.3 is 0 Å². The Morgan fingerprint density at radius 2 is 1.90 bits per heavy atom. The minimum absolute atomic E-state index is 0.0665. The molecule has 0 spiro atoms. The van der Waals surface area contributed by atoms with Crippen LogP contribution in [-0.2, 0) is 0 Å². The zero-order valence-electron chi connectivity index (χ0n) is 13.1. The number of nitrogens with zero attached hydrogens (tertiary/aromatic N) is 1. The molecule has 2 aliphatic heterocycles. The van der Waals surface area contributed by atoms with Gasteiger partial charge in [0.2, 0.25) is 0 Å². The van der Waals surface area contributed by atoms with Crippen LogP contribution in [0.2, 0.25) is 0 Å². The highest BCUT2D eigenvalue weighted by Gasteiger charge is 2.78. The number of hydrogen-bond acceptors (Lipinski definition) is 2. The average Bonchev–Trinajstić information content (AvgIpc) is 2.78. The lowest BCUT2D eigenvalue weighted by Gasteiger charge is -2.27. The van der Waals surface area contributed by atoms with Crippen LogP contribution in [0.15, 0.2) is 55.1 Å². The molecule has 0 saturated carbocycles. The lowest BCUT2D eigenvalue weighted by atomic mass is 9.76. The Morgan fingerprint density at radius 1 is 1.24 bits per heavy atom. The van der Waals surface area contributed by atoms with Crippen molar-refractivity contribution in [3.05, 3.63) is 60.7 Å². The number of carbonyl (C=O) groups is 1. The van der Waals surface area contributed by atoms with E-state index in [4.69, 9.17) is 0 Å². The van der Waals surface area contributed by atoms with Gasteiger partial charge >= 0.3 is 0 Å². The third-order valence-electron chi connectivity index (χ3n) is 5.06. The molecular weight excluding hydrogens is 258 g/mol. The van der Waals surface area contributed by atoms with Crippen molar-refractivity contribution < 1.29 is 4.79 Å². The predicted octanol–water partition coefficient (Wildman–Crippen LogP) is 3.85. The van der Waals surface area contributed by atoms with E-state index in [0.29, 0.717) is 0 Å². The second kappa shape index (κ2) is 4.41. The molecule has 2 heteroatoms. The third kappa shape index (κ3) is 1.86. The largest absolute Gasteiger partial charge is 0.292 e. The lowest BCUT2D eigenvalue weighted by Crippen LogP contribution is -2.38. The van der Waals surface area contributed by atoms with Gasteiger partial charge in [0.25, 0.3) is 0 Å². The normalized spacial score (nSPS) is 36.4. The second-order valence-electron chi connectivity index (χ2n) is 7.26. The molecule has 0 radical (unpaired) electrons. The first-order valence-electron chi connectivity index (χ1n) is 7.55. The van der Waals surface area contributed by atoms with Crippen molar-refractivity contribution >= 4 is 5.78 Å². The van der Waals surface area contributed by atoms with Crippen molar-refractivity contribution in [1.29, 1.82) is 0 Å². The highest BCUT2D eigenvalue weighted by molar-refractivity contribution is 6.09. The molecule has 2 saturated heterocycles. The molecule has 110 valence electrons. The Balaban J connectivity index is 2.01. The molecular formula is C19H23NO. The zero-order valence-corrected chi connectivity index (χ0v) is 13.1. The molecule has 21 heavy (non-hydrogen) atoms. The molecule has 0 N–H and O–H groups in total. The number of hydrogen-bond donors (Lipinski definition) is 0. The fraction of sp³-hybridized carbons (Fsp3) is 0.421. The van der Waals surface area contributed by atoms with Crippen LogP contribution in [0.4, 0.5) is 0 Å². The number of Topliss-reactive ketones (excluding diaryl/α,β-unsaturated/α-hetero) is 1. The van der Waals surface area contributed by atoms with Crippen LogP contribution in [0.1, 0.15) is 37.6 Å². The summed E-state index contributed by atoms with van der Waals surface area (Å²) in [5, 5.41) is 0. The van der Waals surface area contributed by atoms with E-state index in [2.05, 4.69) is 32.3 Å². The molecule has 0 amide bonds. The summed E-state index contributed by atoms with van der Waals surface area (Å²) >= 11 is 0. The van der Waals surface area contributed by atoms with Crippen molar-refractivity contribution in [3.8, 4) is 0 Å². The van der Waals surface area contributed by atoms with E-state index in [9.17, 15) is 4.79 Å². The Kier molecular flexibility index (Phi) is 3.00. The van der Waals surface area contributed by atoms with Crippen LogP contribution in [0, 0.1) is 5.41 Å². The summed E-state index contributed by atoms with van der Waals surface area (Å²) in [6.07, 6.45) is 6.76. The smallest absolute Gasteiger partial charge is 0.188 e. The van der Waals surface area contributed by atoms with Gasteiger partial charge in [-0.2, -0.15) is 0 Å². The molecule has 3 unspecified atom stereocenters. The van der Waals surface area contributed by atoms with Gasteiger partial charge in [0.1, 0.15) is 5.54 Å². The molecule has 3 rings (SSSR count). The predicted molar refractivity (Wildman–Crippen MR) is 86.3 cm³/mol. The topological polar surface area (TPSA) is 20.1 Å². The van der Waals surface area contributed by atoms with Gasteiger partial charge in [0.15, 0.2) is 5.78 Å². The van der Waals surface area contributed by atoms with E-state index in [-0.39, 0.29) is 16.7 Å². The molecule has 2 aliphatic rings. The second-order valence-corrected chi connectivity index (χ2v) is 7.26. The van der Waals surface area contributed by atoms with Gasteiger partial charge in [-0.15, -0.1) is 0 Å². The molecule has 2 heterocycles. The molecule has 0 aromatic heterocycles. The molecule has 1 aromatic carbocycles. The quantitative estimate of drug-likeness (QED) is 0.474.